The van der Waals surface area contributed by atoms with Gasteiger partial charge >= 0.3 is 5.97 Å². The Morgan fingerprint density at radius 1 is 1.48 bits per heavy atom. The van der Waals surface area contributed by atoms with Crippen molar-refractivity contribution in [2.45, 2.75) is 32.2 Å². The molecule has 0 spiro atoms. The van der Waals surface area contributed by atoms with Gasteiger partial charge in [0.05, 0.1) is 0 Å². The monoisotopic (exact) mass is 311 g/mol. The van der Waals surface area contributed by atoms with Gasteiger partial charge in [-0.05, 0) is 43.0 Å². The first-order valence-electron chi connectivity index (χ1n) is 6.87. The predicted octanol–water partition coefficient (Wildman–Crippen LogP) is 2.40. The van der Waals surface area contributed by atoms with E-state index in [4.69, 9.17) is 21.4 Å². The number of carboxylic acid groups (broad SMARTS) is 1. The minimum Gasteiger partial charge on any atom is -0.484 e. The zero-order valence-corrected chi connectivity index (χ0v) is 12.5. The average Bonchev–Trinajstić information content (AvgIpc) is 3.23. The van der Waals surface area contributed by atoms with E-state index in [0.29, 0.717) is 23.1 Å². The molecule has 0 aliphatic heterocycles. The molecule has 0 radical (unpaired) electrons. The molecule has 1 aromatic carbocycles. The van der Waals surface area contributed by atoms with Gasteiger partial charge in [0, 0.05) is 5.02 Å². The summed E-state index contributed by atoms with van der Waals surface area (Å²) >= 11 is 5.90. The van der Waals surface area contributed by atoms with Crippen LogP contribution in [0.5, 0.6) is 5.75 Å². The highest BCUT2D eigenvalue weighted by molar-refractivity contribution is 6.31. The number of hydrogen-bond donors (Lipinski definition) is 2. The lowest BCUT2D eigenvalue weighted by molar-refractivity contribution is -0.142. The fraction of sp³-hybridized carbons (Fsp3) is 0.467. The van der Waals surface area contributed by atoms with Crippen LogP contribution in [0.4, 0.5) is 0 Å². The zero-order chi connectivity index (χ0) is 15.4. The lowest BCUT2D eigenvalue weighted by Gasteiger charge is -2.14. The Bertz CT molecular complexity index is 542. The SMILES string of the molecule is Cc1cc(OCC(=O)NC(CC2CC2)C(=O)O)ccc1Cl. The van der Waals surface area contributed by atoms with Crippen LogP contribution in [-0.2, 0) is 9.59 Å². The summed E-state index contributed by atoms with van der Waals surface area (Å²) in [5.74, 6) is -0.486. The first-order valence-corrected chi connectivity index (χ1v) is 7.24. The first-order chi connectivity index (χ1) is 9.95. The molecule has 1 aliphatic carbocycles. The van der Waals surface area contributed by atoms with Crippen molar-refractivity contribution >= 4 is 23.5 Å². The van der Waals surface area contributed by atoms with Gasteiger partial charge in [0.1, 0.15) is 11.8 Å². The number of nitrogens with one attached hydrogen (secondary N) is 1. The van der Waals surface area contributed by atoms with Crippen LogP contribution in [0.3, 0.4) is 0 Å². The van der Waals surface area contributed by atoms with Gasteiger partial charge in [0.25, 0.3) is 5.91 Å². The number of rotatable bonds is 7. The quantitative estimate of drug-likeness (QED) is 0.810. The van der Waals surface area contributed by atoms with E-state index in [2.05, 4.69) is 5.32 Å². The van der Waals surface area contributed by atoms with Gasteiger partial charge in [0.2, 0.25) is 0 Å². The minimum atomic E-state index is -1.00. The maximum absolute atomic E-state index is 11.8. The highest BCUT2D eigenvalue weighted by atomic mass is 35.5. The number of carboxylic acids is 1. The van der Waals surface area contributed by atoms with Crippen molar-refractivity contribution in [3.05, 3.63) is 28.8 Å². The highest BCUT2D eigenvalue weighted by Crippen LogP contribution is 2.33. The lowest BCUT2D eigenvalue weighted by Crippen LogP contribution is -2.43. The normalized spacial score (nSPS) is 15.3. The van der Waals surface area contributed by atoms with Crippen molar-refractivity contribution in [1.29, 1.82) is 0 Å². The van der Waals surface area contributed by atoms with Crippen molar-refractivity contribution in [1.82, 2.24) is 5.32 Å². The van der Waals surface area contributed by atoms with Crippen LogP contribution < -0.4 is 10.1 Å². The molecule has 114 valence electrons. The topological polar surface area (TPSA) is 75.6 Å². The van der Waals surface area contributed by atoms with E-state index in [9.17, 15) is 9.59 Å². The van der Waals surface area contributed by atoms with Gasteiger partial charge in [-0.2, -0.15) is 0 Å². The molecule has 21 heavy (non-hydrogen) atoms. The van der Waals surface area contributed by atoms with E-state index in [1.165, 1.54) is 0 Å². The fourth-order valence-electron chi connectivity index (χ4n) is 2.00. The standard InChI is InChI=1S/C15H18ClNO4/c1-9-6-11(4-5-12(9)16)21-8-14(18)17-13(15(19)20)7-10-2-3-10/h4-6,10,13H,2-3,7-8H2,1H3,(H,17,18)(H,19,20). The summed E-state index contributed by atoms with van der Waals surface area (Å²) in [5.41, 5.74) is 0.853. The van der Waals surface area contributed by atoms with E-state index < -0.39 is 17.9 Å². The molecule has 1 amide bonds. The summed E-state index contributed by atoms with van der Waals surface area (Å²) < 4.78 is 5.34. The molecular formula is C15H18ClNO4. The number of halogens is 1. The van der Waals surface area contributed by atoms with E-state index in [1.54, 1.807) is 18.2 Å². The summed E-state index contributed by atoms with van der Waals surface area (Å²) in [6, 6.07) is 4.26. The molecule has 1 saturated carbocycles. The second-order valence-electron chi connectivity index (χ2n) is 5.34. The van der Waals surface area contributed by atoms with Crippen molar-refractivity contribution in [2.75, 3.05) is 6.61 Å². The highest BCUT2D eigenvalue weighted by Gasteiger charge is 2.30. The van der Waals surface area contributed by atoms with Crippen LogP contribution in [0.1, 0.15) is 24.8 Å². The molecule has 0 aromatic heterocycles. The van der Waals surface area contributed by atoms with Crippen LogP contribution in [0.25, 0.3) is 0 Å². The Labute approximate surface area is 128 Å². The van der Waals surface area contributed by atoms with Crippen molar-refractivity contribution in [2.24, 2.45) is 5.92 Å². The van der Waals surface area contributed by atoms with E-state index in [-0.39, 0.29) is 6.61 Å². The molecule has 6 heteroatoms. The Hall–Kier alpha value is -1.75. The molecule has 1 unspecified atom stereocenters. The summed E-state index contributed by atoms with van der Waals surface area (Å²) in [7, 11) is 0. The molecule has 0 bridgehead atoms. The number of aryl methyl sites for hydroxylation is 1. The van der Waals surface area contributed by atoms with Gasteiger partial charge in [-0.1, -0.05) is 24.4 Å². The number of benzene rings is 1. The summed E-state index contributed by atoms with van der Waals surface area (Å²) in [6.45, 7) is 1.63. The molecule has 1 fully saturated rings. The second-order valence-corrected chi connectivity index (χ2v) is 5.74. The van der Waals surface area contributed by atoms with E-state index in [1.807, 2.05) is 6.92 Å². The lowest BCUT2D eigenvalue weighted by atomic mass is 10.1. The van der Waals surface area contributed by atoms with E-state index >= 15 is 0 Å². The second kappa shape index (κ2) is 6.80. The van der Waals surface area contributed by atoms with Crippen molar-refractivity contribution < 1.29 is 19.4 Å². The van der Waals surface area contributed by atoms with Gasteiger partial charge in [0.15, 0.2) is 6.61 Å². The minimum absolute atomic E-state index is 0.213. The number of carbonyl (C=O) groups excluding carboxylic acids is 1. The maximum Gasteiger partial charge on any atom is 0.326 e. The zero-order valence-electron chi connectivity index (χ0n) is 11.8. The Morgan fingerprint density at radius 3 is 2.76 bits per heavy atom. The van der Waals surface area contributed by atoms with Crippen LogP contribution in [-0.4, -0.2) is 29.6 Å². The molecule has 2 N–H and O–H groups in total. The fourth-order valence-corrected chi connectivity index (χ4v) is 2.12. The third kappa shape index (κ3) is 4.93. The molecule has 1 aliphatic rings. The average molecular weight is 312 g/mol. The van der Waals surface area contributed by atoms with Crippen LogP contribution in [0, 0.1) is 12.8 Å². The number of carbonyl (C=O) groups is 2. The van der Waals surface area contributed by atoms with Gasteiger partial charge in [-0.25, -0.2) is 4.79 Å². The molecule has 0 saturated heterocycles. The van der Waals surface area contributed by atoms with Crippen LogP contribution >= 0.6 is 11.6 Å². The van der Waals surface area contributed by atoms with E-state index in [0.717, 1.165) is 18.4 Å². The van der Waals surface area contributed by atoms with Crippen molar-refractivity contribution in [3.63, 3.8) is 0 Å². The van der Waals surface area contributed by atoms with Crippen LogP contribution in [0.2, 0.25) is 5.02 Å². The predicted molar refractivity (Wildman–Crippen MR) is 78.6 cm³/mol. The third-order valence-electron chi connectivity index (χ3n) is 3.40. The number of hydrogen-bond acceptors (Lipinski definition) is 3. The smallest absolute Gasteiger partial charge is 0.326 e. The molecule has 5 nitrogen and oxygen atoms in total. The Kier molecular flexibility index (Phi) is 5.07. The first kappa shape index (κ1) is 15.6. The molecule has 0 heterocycles. The van der Waals surface area contributed by atoms with Crippen LogP contribution in [0.15, 0.2) is 18.2 Å². The molecule has 1 atom stereocenters. The molecular weight excluding hydrogens is 294 g/mol. The molecule has 1 aromatic rings. The summed E-state index contributed by atoms with van der Waals surface area (Å²) in [6.07, 6.45) is 2.57. The van der Waals surface area contributed by atoms with Gasteiger partial charge in [-0.15, -0.1) is 0 Å². The summed E-state index contributed by atoms with van der Waals surface area (Å²) in [5, 5.41) is 12.2. The largest absolute Gasteiger partial charge is 0.484 e. The Balaban J connectivity index is 1.82. The maximum atomic E-state index is 11.8. The number of amides is 1. The van der Waals surface area contributed by atoms with Gasteiger partial charge in [-0.3, -0.25) is 4.79 Å². The van der Waals surface area contributed by atoms with Crippen molar-refractivity contribution in [3.8, 4) is 5.75 Å². The van der Waals surface area contributed by atoms with Gasteiger partial charge < -0.3 is 15.2 Å². The summed E-state index contributed by atoms with van der Waals surface area (Å²) in [4.78, 5) is 22.8. The number of ether oxygens (including phenoxy) is 1. The Morgan fingerprint density at radius 2 is 2.19 bits per heavy atom. The molecule has 2 rings (SSSR count). The third-order valence-corrected chi connectivity index (χ3v) is 3.82. The number of aliphatic carboxylic acids is 1.